The van der Waals surface area contributed by atoms with Crippen molar-refractivity contribution in [2.45, 2.75) is 6.17 Å². The van der Waals surface area contributed by atoms with Gasteiger partial charge in [-0.05, 0) is 29.8 Å². The molecule has 0 radical (unpaired) electrons. The second kappa shape index (κ2) is 4.78. The molecule has 90 valence electrons. The van der Waals surface area contributed by atoms with Gasteiger partial charge in [0.1, 0.15) is 0 Å². The summed E-state index contributed by atoms with van der Waals surface area (Å²) >= 11 is 3.50. The molecule has 0 bridgehead atoms. The van der Waals surface area contributed by atoms with Crippen molar-refractivity contribution in [3.05, 3.63) is 71.2 Å². The highest BCUT2D eigenvalue weighted by atomic mass is 79.9. The lowest BCUT2D eigenvalue weighted by Crippen LogP contribution is -2.20. The number of benzene rings is 1. The molecule has 0 saturated carbocycles. The lowest BCUT2D eigenvalue weighted by molar-refractivity contribution is 0.418. The fourth-order valence-electron chi connectivity index (χ4n) is 1.94. The van der Waals surface area contributed by atoms with E-state index in [1.807, 2.05) is 46.0 Å². The highest BCUT2D eigenvalue weighted by molar-refractivity contribution is 9.10. The van der Waals surface area contributed by atoms with E-state index in [1.165, 1.54) is 0 Å². The predicted molar refractivity (Wildman–Crippen MR) is 72.1 cm³/mol. The zero-order valence-corrected chi connectivity index (χ0v) is 11.1. The van der Waals surface area contributed by atoms with E-state index in [0.717, 1.165) is 10.0 Å². The summed E-state index contributed by atoms with van der Waals surface area (Å²) in [5, 5.41) is 8.64. The van der Waals surface area contributed by atoms with Crippen molar-refractivity contribution in [1.29, 1.82) is 0 Å². The maximum absolute atomic E-state index is 4.32. The summed E-state index contributed by atoms with van der Waals surface area (Å²) in [5.74, 6) is 0. The molecule has 0 N–H and O–H groups in total. The van der Waals surface area contributed by atoms with Crippen LogP contribution in [0.4, 0.5) is 0 Å². The van der Waals surface area contributed by atoms with Crippen molar-refractivity contribution >= 4 is 15.9 Å². The average Bonchev–Trinajstić information content (AvgIpc) is 3.02. The van der Waals surface area contributed by atoms with Crippen LogP contribution < -0.4 is 0 Å². The SMILES string of the molecule is Brc1cccc(C(n2cccn2)n2cccn2)c1. The summed E-state index contributed by atoms with van der Waals surface area (Å²) in [7, 11) is 0. The molecule has 3 aromatic rings. The van der Waals surface area contributed by atoms with Crippen LogP contribution in [0.25, 0.3) is 0 Å². The third kappa shape index (κ3) is 2.09. The molecule has 0 fully saturated rings. The van der Waals surface area contributed by atoms with Crippen LogP contribution in [0.5, 0.6) is 0 Å². The molecule has 0 saturated heterocycles. The highest BCUT2D eigenvalue weighted by Gasteiger charge is 2.16. The molecule has 0 aliphatic carbocycles. The van der Waals surface area contributed by atoms with E-state index < -0.39 is 0 Å². The quantitative estimate of drug-likeness (QED) is 0.746. The molecule has 1 aromatic carbocycles. The summed E-state index contributed by atoms with van der Waals surface area (Å²) in [6.45, 7) is 0. The zero-order valence-electron chi connectivity index (χ0n) is 9.52. The first kappa shape index (κ1) is 11.2. The van der Waals surface area contributed by atoms with Gasteiger partial charge < -0.3 is 0 Å². The van der Waals surface area contributed by atoms with E-state index >= 15 is 0 Å². The second-order valence-corrected chi connectivity index (χ2v) is 4.82. The normalized spacial score (nSPS) is 11.0. The molecule has 0 spiro atoms. The van der Waals surface area contributed by atoms with Gasteiger partial charge in [-0.3, -0.25) is 0 Å². The van der Waals surface area contributed by atoms with Crippen molar-refractivity contribution in [3.63, 3.8) is 0 Å². The van der Waals surface area contributed by atoms with Crippen LogP contribution in [0.1, 0.15) is 11.7 Å². The number of hydrogen-bond donors (Lipinski definition) is 0. The number of halogens is 1. The minimum atomic E-state index is -0.0625. The van der Waals surface area contributed by atoms with Crippen molar-refractivity contribution in [2.75, 3.05) is 0 Å². The molecule has 0 amide bonds. The summed E-state index contributed by atoms with van der Waals surface area (Å²) in [6.07, 6.45) is 7.36. The Morgan fingerprint density at radius 2 is 1.61 bits per heavy atom. The van der Waals surface area contributed by atoms with Crippen LogP contribution in [0, 0.1) is 0 Å². The molecular weight excluding hydrogens is 292 g/mol. The van der Waals surface area contributed by atoms with Crippen molar-refractivity contribution < 1.29 is 0 Å². The molecule has 2 heterocycles. The number of hydrogen-bond acceptors (Lipinski definition) is 2. The first-order valence-electron chi connectivity index (χ1n) is 5.58. The van der Waals surface area contributed by atoms with Crippen molar-refractivity contribution in [1.82, 2.24) is 19.6 Å². The monoisotopic (exact) mass is 302 g/mol. The van der Waals surface area contributed by atoms with Gasteiger partial charge in [0.05, 0.1) is 0 Å². The molecule has 0 unspecified atom stereocenters. The average molecular weight is 303 g/mol. The fourth-order valence-corrected chi connectivity index (χ4v) is 2.36. The van der Waals surface area contributed by atoms with Crippen LogP contribution in [0.3, 0.4) is 0 Å². The molecule has 4 nitrogen and oxygen atoms in total. The van der Waals surface area contributed by atoms with Gasteiger partial charge in [0.2, 0.25) is 0 Å². The molecule has 2 aromatic heterocycles. The molecular formula is C13H11BrN4. The second-order valence-electron chi connectivity index (χ2n) is 3.90. The first-order chi connectivity index (χ1) is 8.84. The number of aromatic nitrogens is 4. The summed E-state index contributed by atoms with van der Waals surface area (Å²) in [5.41, 5.74) is 1.12. The van der Waals surface area contributed by atoms with Gasteiger partial charge in [0.15, 0.2) is 6.17 Å². The van der Waals surface area contributed by atoms with Gasteiger partial charge in [-0.2, -0.15) is 10.2 Å². The van der Waals surface area contributed by atoms with Gasteiger partial charge in [-0.1, -0.05) is 28.1 Å². The van der Waals surface area contributed by atoms with Gasteiger partial charge >= 0.3 is 0 Å². The Labute approximate surface area is 113 Å². The van der Waals surface area contributed by atoms with Crippen molar-refractivity contribution in [2.24, 2.45) is 0 Å². The van der Waals surface area contributed by atoms with Crippen LogP contribution in [0.15, 0.2) is 65.7 Å². The highest BCUT2D eigenvalue weighted by Crippen LogP contribution is 2.22. The van der Waals surface area contributed by atoms with E-state index in [0.29, 0.717) is 0 Å². The maximum Gasteiger partial charge on any atom is 0.168 e. The minimum Gasteiger partial charge on any atom is -0.244 e. The predicted octanol–water partition coefficient (Wildman–Crippen LogP) is 2.94. The molecule has 0 aliphatic rings. The largest absolute Gasteiger partial charge is 0.244 e. The van der Waals surface area contributed by atoms with E-state index in [-0.39, 0.29) is 6.17 Å². The Morgan fingerprint density at radius 1 is 0.944 bits per heavy atom. The molecule has 18 heavy (non-hydrogen) atoms. The Balaban J connectivity index is 2.11. The molecule has 5 heteroatoms. The Morgan fingerprint density at radius 3 is 2.11 bits per heavy atom. The Hall–Kier alpha value is -1.88. The van der Waals surface area contributed by atoms with Crippen LogP contribution in [-0.4, -0.2) is 19.6 Å². The van der Waals surface area contributed by atoms with Gasteiger partial charge in [0.25, 0.3) is 0 Å². The molecule has 3 rings (SSSR count). The fraction of sp³-hybridized carbons (Fsp3) is 0.0769. The lowest BCUT2D eigenvalue weighted by atomic mass is 10.2. The minimum absolute atomic E-state index is 0.0625. The van der Waals surface area contributed by atoms with E-state index in [1.54, 1.807) is 12.4 Å². The van der Waals surface area contributed by atoms with E-state index in [2.05, 4.69) is 38.3 Å². The first-order valence-corrected chi connectivity index (χ1v) is 6.37. The van der Waals surface area contributed by atoms with Crippen molar-refractivity contribution in [3.8, 4) is 0 Å². The van der Waals surface area contributed by atoms with Crippen LogP contribution in [0.2, 0.25) is 0 Å². The van der Waals surface area contributed by atoms with Crippen LogP contribution >= 0.6 is 15.9 Å². The lowest BCUT2D eigenvalue weighted by Gasteiger charge is -2.18. The number of nitrogens with zero attached hydrogens (tertiary/aromatic N) is 4. The molecule has 0 atom stereocenters. The smallest absolute Gasteiger partial charge is 0.168 e. The summed E-state index contributed by atoms with van der Waals surface area (Å²) < 4.78 is 4.81. The number of rotatable bonds is 3. The Bertz CT molecular complexity index is 582. The van der Waals surface area contributed by atoms with Crippen LogP contribution in [-0.2, 0) is 0 Å². The molecule has 0 aliphatic heterocycles. The van der Waals surface area contributed by atoms with E-state index in [9.17, 15) is 0 Å². The zero-order chi connectivity index (χ0) is 12.4. The Kier molecular flexibility index (Phi) is 2.98. The van der Waals surface area contributed by atoms with Gasteiger partial charge in [-0.25, -0.2) is 9.36 Å². The summed E-state index contributed by atoms with van der Waals surface area (Å²) in [4.78, 5) is 0. The van der Waals surface area contributed by atoms with Gasteiger partial charge in [-0.15, -0.1) is 0 Å². The van der Waals surface area contributed by atoms with E-state index in [4.69, 9.17) is 0 Å². The third-order valence-corrected chi connectivity index (χ3v) is 3.19. The summed E-state index contributed by atoms with van der Waals surface area (Å²) in [6, 6.07) is 12.0. The topological polar surface area (TPSA) is 35.6 Å². The standard InChI is InChI=1S/C13H11BrN4/c14-12-5-1-4-11(10-12)13(17-8-2-6-15-17)18-9-3-7-16-18/h1-10,13H. The third-order valence-electron chi connectivity index (χ3n) is 2.70. The van der Waals surface area contributed by atoms with Gasteiger partial charge in [0, 0.05) is 29.3 Å². The maximum atomic E-state index is 4.32.